The second-order valence-corrected chi connectivity index (χ2v) is 6.68. The molecular formula is C15H31N3O. The lowest BCUT2D eigenvalue weighted by Gasteiger charge is -2.44. The Bertz CT molecular complexity index is 259. The minimum Gasteiger partial charge on any atom is -0.384 e. The molecule has 0 aromatic rings. The third kappa shape index (κ3) is 4.15. The van der Waals surface area contributed by atoms with Gasteiger partial charge in [0.15, 0.2) is 0 Å². The van der Waals surface area contributed by atoms with Gasteiger partial charge in [0.2, 0.25) is 0 Å². The highest BCUT2D eigenvalue weighted by molar-refractivity contribution is 4.89. The molecule has 2 rings (SSSR count). The maximum Gasteiger partial charge on any atom is 0.0531 e. The topological polar surface area (TPSA) is 27.7 Å². The summed E-state index contributed by atoms with van der Waals surface area (Å²) in [6.45, 7) is 6.92. The van der Waals surface area contributed by atoms with Crippen LogP contribution in [0.3, 0.4) is 0 Å². The van der Waals surface area contributed by atoms with Crippen molar-refractivity contribution in [3.8, 4) is 0 Å². The van der Waals surface area contributed by atoms with E-state index in [0.29, 0.717) is 5.41 Å². The van der Waals surface area contributed by atoms with Gasteiger partial charge in [0, 0.05) is 31.7 Å². The van der Waals surface area contributed by atoms with E-state index in [0.717, 1.165) is 25.7 Å². The standard InChI is InChI=1S/C15H31N3O/c1-17(2)14-5-4-10-18(11-14)12-15(13-19-3)6-8-16-9-7-15/h14,16H,4-13H2,1-3H3. The number of likely N-dealkylation sites (tertiary alicyclic amines) is 1. The molecule has 4 heteroatoms. The van der Waals surface area contributed by atoms with E-state index in [-0.39, 0.29) is 0 Å². The normalized spacial score (nSPS) is 28.7. The van der Waals surface area contributed by atoms with Crippen LogP contribution in [-0.2, 0) is 4.74 Å². The summed E-state index contributed by atoms with van der Waals surface area (Å²) >= 11 is 0. The molecule has 0 aliphatic carbocycles. The van der Waals surface area contributed by atoms with Crippen LogP contribution in [-0.4, -0.2) is 76.4 Å². The fourth-order valence-corrected chi connectivity index (χ4v) is 3.68. The summed E-state index contributed by atoms with van der Waals surface area (Å²) in [5, 5.41) is 3.48. The third-order valence-electron chi connectivity index (χ3n) is 4.88. The maximum atomic E-state index is 5.54. The Hall–Kier alpha value is -0.160. The number of piperidine rings is 2. The van der Waals surface area contributed by atoms with Crippen molar-refractivity contribution in [3.05, 3.63) is 0 Å². The summed E-state index contributed by atoms with van der Waals surface area (Å²) < 4.78 is 5.54. The van der Waals surface area contributed by atoms with Crippen molar-refractivity contribution < 1.29 is 4.74 Å². The summed E-state index contributed by atoms with van der Waals surface area (Å²) in [5.74, 6) is 0. The van der Waals surface area contributed by atoms with Crippen molar-refractivity contribution in [1.82, 2.24) is 15.1 Å². The van der Waals surface area contributed by atoms with Gasteiger partial charge >= 0.3 is 0 Å². The number of nitrogens with one attached hydrogen (secondary N) is 1. The second kappa shape index (κ2) is 7.02. The van der Waals surface area contributed by atoms with Crippen LogP contribution in [0.15, 0.2) is 0 Å². The van der Waals surface area contributed by atoms with Crippen molar-refractivity contribution in [2.75, 3.05) is 60.5 Å². The lowest BCUT2D eigenvalue weighted by molar-refractivity contribution is 0.00799. The highest BCUT2D eigenvalue weighted by Crippen LogP contribution is 2.31. The Labute approximate surface area is 118 Å². The first-order valence-corrected chi connectivity index (χ1v) is 7.74. The minimum atomic E-state index is 0.383. The van der Waals surface area contributed by atoms with Gasteiger partial charge in [0.1, 0.15) is 0 Å². The number of likely N-dealkylation sites (N-methyl/N-ethyl adjacent to an activating group) is 1. The molecule has 2 aliphatic heterocycles. The van der Waals surface area contributed by atoms with Crippen LogP contribution < -0.4 is 5.32 Å². The van der Waals surface area contributed by atoms with Gasteiger partial charge in [-0.1, -0.05) is 0 Å². The van der Waals surface area contributed by atoms with Gasteiger partial charge in [-0.15, -0.1) is 0 Å². The fraction of sp³-hybridized carbons (Fsp3) is 1.00. The average molecular weight is 269 g/mol. The predicted octanol–water partition coefficient (Wildman–Crippen LogP) is 1.03. The van der Waals surface area contributed by atoms with Crippen LogP contribution >= 0.6 is 0 Å². The maximum absolute atomic E-state index is 5.54. The number of hydrogen-bond acceptors (Lipinski definition) is 4. The molecule has 1 unspecified atom stereocenters. The van der Waals surface area contributed by atoms with E-state index in [4.69, 9.17) is 4.74 Å². The molecule has 1 N–H and O–H groups in total. The molecule has 0 aromatic heterocycles. The predicted molar refractivity (Wildman–Crippen MR) is 79.6 cm³/mol. The molecule has 2 aliphatic rings. The molecule has 0 saturated carbocycles. The van der Waals surface area contributed by atoms with Crippen LogP contribution in [0.1, 0.15) is 25.7 Å². The van der Waals surface area contributed by atoms with Gasteiger partial charge in [0.25, 0.3) is 0 Å². The highest BCUT2D eigenvalue weighted by atomic mass is 16.5. The molecule has 0 radical (unpaired) electrons. The van der Waals surface area contributed by atoms with Gasteiger partial charge in [0.05, 0.1) is 6.61 Å². The summed E-state index contributed by atoms with van der Waals surface area (Å²) in [4.78, 5) is 5.07. The molecular weight excluding hydrogens is 238 g/mol. The Kier molecular flexibility index (Phi) is 5.63. The Morgan fingerprint density at radius 3 is 2.68 bits per heavy atom. The quantitative estimate of drug-likeness (QED) is 0.807. The van der Waals surface area contributed by atoms with Crippen molar-refractivity contribution in [2.24, 2.45) is 5.41 Å². The van der Waals surface area contributed by atoms with E-state index >= 15 is 0 Å². The average Bonchev–Trinajstić information content (AvgIpc) is 2.40. The molecule has 0 bridgehead atoms. The van der Waals surface area contributed by atoms with Gasteiger partial charge < -0.3 is 19.9 Å². The first-order valence-electron chi connectivity index (χ1n) is 7.74. The summed E-state index contributed by atoms with van der Waals surface area (Å²) in [7, 11) is 6.27. The SMILES string of the molecule is COCC1(CN2CCCC(N(C)C)C2)CCNCC1. The zero-order valence-electron chi connectivity index (χ0n) is 13.0. The zero-order chi connectivity index (χ0) is 13.7. The second-order valence-electron chi connectivity index (χ2n) is 6.68. The number of methoxy groups -OCH3 is 1. The number of ether oxygens (including phenoxy) is 1. The van der Waals surface area contributed by atoms with Gasteiger partial charge in [-0.2, -0.15) is 0 Å². The first kappa shape index (κ1) is 15.2. The lowest BCUT2D eigenvalue weighted by Crippen LogP contribution is -2.52. The van der Waals surface area contributed by atoms with E-state index in [1.54, 1.807) is 0 Å². The van der Waals surface area contributed by atoms with E-state index in [9.17, 15) is 0 Å². The first-order chi connectivity index (χ1) is 9.15. The molecule has 19 heavy (non-hydrogen) atoms. The van der Waals surface area contributed by atoms with Gasteiger partial charge in [-0.3, -0.25) is 0 Å². The summed E-state index contributed by atoms with van der Waals surface area (Å²) in [6.07, 6.45) is 5.19. The molecule has 0 aromatic carbocycles. The van der Waals surface area contributed by atoms with Crippen LogP contribution in [0.25, 0.3) is 0 Å². The fourth-order valence-electron chi connectivity index (χ4n) is 3.68. The Morgan fingerprint density at radius 1 is 1.32 bits per heavy atom. The van der Waals surface area contributed by atoms with E-state index < -0.39 is 0 Å². The van der Waals surface area contributed by atoms with Crippen molar-refractivity contribution in [1.29, 1.82) is 0 Å². The zero-order valence-corrected chi connectivity index (χ0v) is 13.0. The number of rotatable bonds is 5. The van der Waals surface area contributed by atoms with Gasteiger partial charge in [-0.05, 0) is 59.4 Å². The Balaban J connectivity index is 1.92. The monoisotopic (exact) mass is 269 g/mol. The molecule has 1 atom stereocenters. The molecule has 4 nitrogen and oxygen atoms in total. The lowest BCUT2D eigenvalue weighted by atomic mass is 9.78. The van der Waals surface area contributed by atoms with E-state index in [2.05, 4.69) is 29.2 Å². The van der Waals surface area contributed by atoms with Crippen LogP contribution in [0.2, 0.25) is 0 Å². The third-order valence-corrected chi connectivity index (χ3v) is 4.88. The summed E-state index contributed by atoms with van der Waals surface area (Å²) in [5.41, 5.74) is 0.383. The summed E-state index contributed by atoms with van der Waals surface area (Å²) in [6, 6.07) is 0.732. The molecule has 112 valence electrons. The van der Waals surface area contributed by atoms with Crippen LogP contribution in [0, 0.1) is 5.41 Å². The molecule has 2 heterocycles. The van der Waals surface area contributed by atoms with Gasteiger partial charge in [-0.25, -0.2) is 0 Å². The van der Waals surface area contributed by atoms with Crippen molar-refractivity contribution >= 4 is 0 Å². The number of hydrogen-bond donors (Lipinski definition) is 1. The molecule has 0 amide bonds. The smallest absolute Gasteiger partial charge is 0.0531 e. The highest BCUT2D eigenvalue weighted by Gasteiger charge is 2.35. The largest absolute Gasteiger partial charge is 0.384 e. The van der Waals surface area contributed by atoms with Crippen molar-refractivity contribution in [2.45, 2.75) is 31.7 Å². The number of nitrogens with zero attached hydrogens (tertiary/aromatic N) is 2. The van der Waals surface area contributed by atoms with E-state index in [1.807, 2.05) is 7.11 Å². The molecule has 2 fully saturated rings. The van der Waals surface area contributed by atoms with Crippen LogP contribution in [0.5, 0.6) is 0 Å². The minimum absolute atomic E-state index is 0.383. The Morgan fingerprint density at radius 2 is 2.05 bits per heavy atom. The molecule has 2 saturated heterocycles. The van der Waals surface area contributed by atoms with Crippen molar-refractivity contribution in [3.63, 3.8) is 0 Å². The van der Waals surface area contributed by atoms with E-state index in [1.165, 1.54) is 45.3 Å². The van der Waals surface area contributed by atoms with Crippen LogP contribution in [0.4, 0.5) is 0 Å². The molecule has 0 spiro atoms.